The molecule has 2 aromatic rings. The van der Waals surface area contributed by atoms with Crippen LogP contribution in [-0.4, -0.2) is 25.4 Å². The number of carbonyl (C=O) groups excluding carboxylic acids is 1. The van der Waals surface area contributed by atoms with Gasteiger partial charge in [-0.2, -0.15) is 0 Å². The molecule has 1 heterocycles. The maximum Gasteiger partial charge on any atom is 0.234 e. The first kappa shape index (κ1) is 27.6. The second kappa shape index (κ2) is 11.7. The molecule has 0 fully saturated rings. The number of carbonyl (C=O) groups is 1. The Morgan fingerprint density at radius 1 is 1.15 bits per heavy atom. The highest BCUT2D eigenvalue weighted by atomic mass is 28.4. The van der Waals surface area contributed by atoms with Gasteiger partial charge in [-0.05, 0) is 61.4 Å². The summed E-state index contributed by atoms with van der Waals surface area (Å²) in [6.07, 6.45) is 8.44. The van der Waals surface area contributed by atoms with Gasteiger partial charge in [-0.25, -0.2) is 0 Å². The third-order valence-electron chi connectivity index (χ3n) is 7.73. The van der Waals surface area contributed by atoms with Crippen molar-refractivity contribution in [1.29, 1.82) is 0 Å². The van der Waals surface area contributed by atoms with Crippen molar-refractivity contribution in [2.45, 2.75) is 98.2 Å². The second-order valence-electron chi connectivity index (χ2n) is 11.2. The number of unbranched alkanes of at least 4 members (excludes halogenated alkanes) is 2. The van der Waals surface area contributed by atoms with Crippen LogP contribution >= 0.6 is 0 Å². The lowest BCUT2D eigenvalue weighted by Crippen LogP contribution is -2.41. The maximum atomic E-state index is 13.7. The van der Waals surface area contributed by atoms with Crippen LogP contribution in [0.15, 0.2) is 42.6 Å². The Hall–Kier alpha value is -1.65. The number of rotatable bonds is 12. The molecule has 0 aliphatic heterocycles. The maximum absolute atomic E-state index is 13.7. The number of nitrogens with zero attached hydrogens (tertiary/aromatic N) is 1. The highest BCUT2D eigenvalue weighted by Gasteiger charge is 2.37. The van der Waals surface area contributed by atoms with Crippen molar-refractivity contribution in [3.8, 4) is 0 Å². The van der Waals surface area contributed by atoms with Crippen molar-refractivity contribution in [3.05, 3.63) is 48.2 Å². The van der Waals surface area contributed by atoms with Crippen LogP contribution in [0, 0.1) is 11.8 Å². The van der Waals surface area contributed by atoms with Crippen LogP contribution in [0.4, 0.5) is 0 Å². The average Bonchev–Trinajstić information content (AvgIpc) is 3.11. The molecule has 0 radical (unpaired) electrons. The fraction of sp³-hybridized carbons (Fsp3) is 0.621. The van der Waals surface area contributed by atoms with E-state index >= 15 is 0 Å². The quantitative estimate of drug-likeness (QED) is 0.177. The van der Waals surface area contributed by atoms with Gasteiger partial charge in [0.15, 0.2) is 8.32 Å². The molecule has 33 heavy (non-hydrogen) atoms. The van der Waals surface area contributed by atoms with E-state index in [1.54, 1.807) is 0 Å². The van der Waals surface area contributed by atoms with Crippen molar-refractivity contribution in [1.82, 2.24) is 4.57 Å². The molecular formula is C29H47NO2Si. The number of para-hydroxylation sites is 1. The van der Waals surface area contributed by atoms with Gasteiger partial charge >= 0.3 is 0 Å². The number of fused-ring (bicyclic) bond motifs is 1. The molecule has 184 valence electrons. The number of allylic oxidation sites excluding steroid dienone is 1. The van der Waals surface area contributed by atoms with E-state index in [-0.39, 0.29) is 22.8 Å². The number of hydrogen-bond donors (Lipinski definition) is 0. The first-order valence-corrected chi connectivity index (χ1v) is 15.8. The molecule has 0 unspecified atom stereocenters. The van der Waals surface area contributed by atoms with Crippen LogP contribution in [0.3, 0.4) is 0 Å². The van der Waals surface area contributed by atoms with Crippen LogP contribution in [0.25, 0.3) is 10.9 Å². The summed E-state index contributed by atoms with van der Waals surface area (Å²) in [5.41, 5.74) is 3.43. The molecule has 0 aliphatic carbocycles. The lowest BCUT2D eigenvalue weighted by Gasteiger charge is -2.36. The number of hydrogen-bond acceptors (Lipinski definition) is 2. The molecule has 0 saturated heterocycles. The third-order valence-corrected chi connectivity index (χ3v) is 12.3. The Morgan fingerprint density at radius 2 is 1.82 bits per heavy atom. The lowest BCUT2D eigenvalue weighted by atomic mass is 9.82. The summed E-state index contributed by atoms with van der Waals surface area (Å²) in [7, 11) is -1.79. The topological polar surface area (TPSA) is 31.2 Å². The van der Waals surface area contributed by atoms with E-state index in [0.29, 0.717) is 6.61 Å². The lowest BCUT2D eigenvalue weighted by molar-refractivity contribution is 0.0814. The zero-order valence-electron chi connectivity index (χ0n) is 22.5. The van der Waals surface area contributed by atoms with Gasteiger partial charge in [-0.3, -0.25) is 9.36 Å². The van der Waals surface area contributed by atoms with Crippen LogP contribution < -0.4 is 0 Å². The predicted octanol–water partition coefficient (Wildman–Crippen LogP) is 8.64. The summed E-state index contributed by atoms with van der Waals surface area (Å²) in [6, 6.07) is 8.28. The minimum absolute atomic E-state index is 0.0868. The zero-order chi connectivity index (χ0) is 24.8. The van der Waals surface area contributed by atoms with Crippen LogP contribution in [0.1, 0.15) is 84.0 Å². The highest BCUT2D eigenvalue weighted by Crippen LogP contribution is 2.37. The molecule has 0 amide bonds. The molecule has 2 rings (SSSR count). The van der Waals surface area contributed by atoms with Gasteiger partial charge in [0, 0.05) is 24.1 Å². The molecule has 2 atom stereocenters. The van der Waals surface area contributed by atoms with Crippen molar-refractivity contribution >= 4 is 25.1 Å². The van der Waals surface area contributed by atoms with Crippen molar-refractivity contribution < 1.29 is 9.22 Å². The summed E-state index contributed by atoms with van der Waals surface area (Å²) in [5, 5.41) is 1.35. The summed E-state index contributed by atoms with van der Waals surface area (Å²) >= 11 is 0. The van der Waals surface area contributed by atoms with E-state index in [1.807, 2.05) is 10.6 Å². The fourth-order valence-corrected chi connectivity index (χ4v) is 5.48. The molecule has 0 aliphatic rings. The summed E-state index contributed by atoms with van der Waals surface area (Å²) in [5.74, 6) is 0.309. The fourth-order valence-electron chi connectivity index (χ4n) is 4.44. The monoisotopic (exact) mass is 469 g/mol. The van der Waals surface area contributed by atoms with Crippen LogP contribution in [0.5, 0.6) is 0 Å². The molecule has 1 aromatic heterocycles. The molecule has 4 heteroatoms. The van der Waals surface area contributed by atoms with Gasteiger partial charge in [0.2, 0.25) is 5.91 Å². The van der Waals surface area contributed by atoms with E-state index in [1.165, 1.54) is 24.0 Å². The standard InChI is InChI=1S/C29H47NO2Si/c1-10-12-13-16-22(3)25(11-2)23(4)28(31)30-21-24(26-17-14-15-18-27(26)30)19-20-32-33(8,9)29(5,6)7/h14-15,17-18,21,23,25H,3,10-13,16,19-20H2,1-2,4-9H3/t23-,25+/m0/s1. The van der Waals surface area contributed by atoms with E-state index in [9.17, 15) is 4.79 Å². The predicted molar refractivity (Wildman–Crippen MR) is 146 cm³/mol. The average molecular weight is 470 g/mol. The van der Waals surface area contributed by atoms with Gasteiger partial charge in [-0.1, -0.05) is 84.7 Å². The summed E-state index contributed by atoms with van der Waals surface area (Å²) in [4.78, 5) is 13.7. The Morgan fingerprint density at radius 3 is 2.42 bits per heavy atom. The Kier molecular flexibility index (Phi) is 9.75. The van der Waals surface area contributed by atoms with E-state index in [2.05, 4.69) is 85.6 Å². The molecule has 0 bridgehead atoms. The summed E-state index contributed by atoms with van der Waals surface area (Å²) in [6.45, 7) is 22.9. The number of benzene rings is 1. The molecule has 0 N–H and O–H groups in total. The Labute approximate surface area is 203 Å². The molecule has 3 nitrogen and oxygen atoms in total. The normalized spacial score (nSPS) is 14.4. The van der Waals surface area contributed by atoms with Crippen molar-refractivity contribution in [2.75, 3.05) is 6.61 Å². The van der Waals surface area contributed by atoms with Gasteiger partial charge < -0.3 is 4.43 Å². The Bertz CT molecular complexity index is 935. The van der Waals surface area contributed by atoms with Gasteiger partial charge in [0.05, 0.1) is 5.52 Å². The smallest absolute Gasteiger partial charge is 0.234 e. The Balaban J connectivity index is 2.23. The van der Waals surface area contributed by atoms with Crippen LogP contribution in [0.2, 0.25) is 18.1 Å². The molecule has 0 spiro atoms. The zero-order valence-corrected chi connectivity index (χ0v) is 23.5. The van der Waals surface area contributed by atoms with Crippen LogP contribution in [-0.2, 0) is 10.8 Å². The second-order valence-corrected chi connectivity index (χ2v) is 16.0. The van der Waals surface area contributed by atoms with Gasteiger partial charge in [0.25, 0.3) is 0 Å². The van der Waals surface area contributed by atoms with Gasteiger partial charge in [0.1, 0.15) is 0 Å². The van der Waals surface area contributed by atoms with E-state index in [0.717, 1.165) is 36.6 Å². The first-order chi connectivity index (χ1) is 15.4. The SMILES string of the molecule is C=C(CCCCC)[C@@H](CC)[C@H](C)C(=O)n1cc(CCO[Si](C)(C)C(C)(C)C)c2ccccc21. The number of aromatic nitrogens is 1. The summed E-state index contributed by atoms with van der Waals surface area (Å²) < 4.78 is 8.32. The first-order valence-electron chi connectivity index (χ1n) is 12.9. The van der Waals surface area contributed by atoms with Crippen molar-refractivity contribution in [2.24, 2.45) is 11.8 Å². The molecular weight excluding hydrogens is 422 g/mol. The largest absolute Gasteiger partial charge is 0.416 e. The minimum Gasteiger partial charge on any atom is -0.416 e. The van der Waals surface area contributed by atoms with Gasteiger partial charge in [-0.15, -0.1) is 0 Å². The molecule has 0 saturated carbocycles. The third kappa shape index (κ3) is 6.70. The van der Waals surface area contributed by atoms with E-state index < -0.39 is 8.32 Å². The van der Waals surface area contributed by atoms with E-state index in [4.69, 9.17) is 4.43 Å². The van der Waals surface area contributed by atoms with Crippen molar-refractivity contribution in [3.63, 3.8) is 0 Å². The molecule has 1 aromatic carbocycles. The highest BCUT2D eigenvalue weighted by molar-refractivity contribution is 6.74. The minimum atomic E-state index is -1.79.